The number of alkyl halides is 3. The summed E-state index contributed by atoms with van der Waals surface area (Å²) in [5, 5.41) is -0.241. The lowest BCUT2D eigenvalue weighted by molar-refractivity contribution is -0.138. The second-order valence-electron chi connectivity index (χ2n) is 8.25. The van der Waals surface area contributed by atoms with E-state index in [2.05, 4.69) is 4.98 Å². The van der Waals surface area contributed by atoms with Crippen LogP contribution in [0.2, 0.25) is 5.15 Å². The molecule has 0 spiro atoms. The van der Waals surface area contributed by atoms with Crippen molar-refractivity contribution in [1.82, 2.24) is 19.2 Å². The van der Waals surface area contributed by atoms with Crippen molar-refractivity contribution in [2.24, 2.45) is 0 Å². The summed E-state index contributed by atoms with van der Waals surface area (Å²) in [7, 11) is 0. The number of fused-ring (bicyclic) bond motifs is 1. The Balaban J connectivity index is 1.46. The zero-order valence-corrected chi connectivity index (χ0v) is 19.4. The molecule has 34 heavy (non-hydrogen) atoms. The Morgan fingerprint density at radius 2 is 1.97 bits per heavy atom. The minimum absolute atomic E-state index is 0.154. The lowest BCUT2D eigenvalue weighted by atomic mass is 10.1. The smallest absolute Gasteiger partial charge is 0.420 e. The summed E-state index contributed by atoms with van der Waals surface area (Å²) in [6.45, 7) is 0.493. The van der Waals surface area contributed by atoms with Gasteiger partial charge in [-0.2, -0.15) is 24.9 Å². The topological polar surface area (TPSA) is 71.1 Å². The normalized spacial score (nSPS) is 18.2. The second-order valence-corrected chi connectivity index (χ2v) is 9.84. The van der Waals surface area contributed by atoms with Crippen LogP contribution in [0.25, 0.3) is 16.8 Å². The molecule has 0 bridgehead atoms. The number of hydrogen-bond donors (Lipinski definition) is 0. The van der Waals surface area contributed by atoms with Crippen molar-refractivity contribution in [2.45, 2.75) is 25.1 Å². The van der Waals surface area contributed by atoms with Gasteiger partial charge in [-0.05, 0) is 36.5 Å². The Labute approximate surface area is 201 Å². The van der Waals surface area contributed by atoms with Crippen LogP contribution in [0.3, 0.4) is 0 Å². The van der Waals surface area contributed by atoms with Crippen LogP contribution in [0.5, 0.6) is 0 Å². The van der Waals surface area contributed by atoms with Gasteiger partial charge in [0.1, 0.15) is 11.7 Å². The molecule has 0 aromatic carbocycles. The Kier molecular flexibility index (Phi) is 6.01. The van der Waals surface area contributed by atoms with Crippen molar-refractivity contribution in [2.75, 3.05) is 31.1 Å². The summed E-state index contributed by atoms with van der Waals surface area (Å²) in [6.07, 6.45) is 1.15. The SMILES string of the molecule is O=C(c1nc2c(C(F)(F)F)cc(-c3ccoc3)cn2c1Cl)N1CCN(C2CCSCC2)C(=O)C1. The molecule has 2 fully saturated rings. The number of nitrogens with zero attached hydrogens (tertiary/aromatic N) is 4. The number of furan rings is 1. The third-order valence-electron chi connectivity index (χ3n) is 6.20. The van der Waals surface area contributed by atoms with Crippen molar-refractivity contribution in [3.05, 3.63) is 47.3 Å². The zero-order valence-electron chi connectivity index (χ0n) is 17.8. The lowest BCUT2D eigenvalue weighted by Crippen LogP contribution is -2.56. The van der Waals surface area contributed by atoms with E-state index >= 15 is 0 Å². The lowest BCUT2D eigenvalue weighted by Gasteiger charge is -2.40. The molecule has 5 heterocycles. The molecule has 0 unspecified atom stereocenters. The monoisotopic (exact) mass is 512 g/mol. The fourth-order valence-electron chi connectivity index (χ4n) is 4.44. The number of carbonyl (C=O) groups is 2. The molecule has 7 nitrogen and oxygen atoms in total. The van der Waals surface area contributed by atoms with E-state index in [1.165, 1.54) is 29.7 Å². The number of pyridine rings is 1. The van der Waals surface area contributed by atoms with Gasteiger partial charge in [-0.3, -0.25) is 14.0 Å². The first-order chi connectivity index (χ1) is 16.2. The highest BCUT2D eigenvalue weighted by Gasteiger charge is 2.38. The summed E-state index contributed by atoms with van der Waals surface area (Å²) in [5.74, 6) is 1.15. The third kappa shape index (κ3) is 4.15. The quantitative estimate of drug-likeness (QED) is 0.518. The van der Waals surface area contributed by atoms with Crippen LogP contribution >= 0.6 is 23.4 Å². The summed E-state index contributed by atoms with van der Waals surface area (Å²) in [4.78, 5) is 33.0. The summed E-state index contributed by atoms with van der Waals surface area (Å²) in [5.41, 5.74) is -1.18. The van der Waals surface area contributed by atoms with Crippen LogP contribution in [0.15, 0.2) is 35.3 Å². The molecule has 12 heteroatoms. The van der Waals surface area contributed by atoms with Gasteiger partial charge in [0.25, 0.3) is 5.91 Å². The molecule has 180 valence electrons. The summed E-state index contributed by atoms with van der Waals surface area (Å²) < 4.78 is 47.6. The first kappa shape index (κ1) is 23.1. The number of aromatic nitrogens is 2. The summed E-state index contributed by atoms with van der Waals surface area (Å²) in [6, 6.07) is 2.64. The predicted molar refractivity (Wildman–Crippen MR) is 121 cm³/mol. The number of halogens is 4. The van der Waals surface area contributed by atoms with E-state index in [1.807, 2.05) is 16.7 Å². The number of rotatable bonds is 3. The van der Waals surface area contributed by atoms with Crippen molar-refractivity contribution in [3.8, 4) is 11.1 Å². The van der Waals surface area contributed by atoms with Crippen LogP contribution < -0.4 is 0 Å². The molecule has 3 aromatic heterocycles. The largest absolute Gasteiger partial charge is 0.472 e. The van der Waals surface area contributed by atoms with Crippen molar-refractivity contribution in [3.63, 3.8) is 0 Å². The Morgan fingerprint density at radius 1 is 1.21 bits per heavy atom. The molecule has 0 saturated carbocycles. The van der Waals surface area contributed by atoms with Crippen molar-refractivity contribution in [1.29, 1.82) is 0 Å². The molecule has 2 aliphatic rings. The second kappa shape index (κ2) is 8.84. The maximum absolute atomic E-state index is 13.8. The van der Waals surface area contributed by atoms with Crippen LogP contribution in [0, 0.1) is 0 Å². The van der Waals surface area contributed by atoms with E-state index in [0.717, 1.165) is 34.8 Å². The zero-order chi connectivity index (χ0) is 24.0. The van der Waals surface area contributed by atoms with E-state index in [0.29, 0.717) is 12.1 Å². The van der Waals surface area contributed by atoms with Crippen molar-refractivity contribution >= 4 is 40.8 Å². The van der Waals surface area contributed by atoms with Crippen LogP contribution in [0.4, 0.5) is 13.2 Å². The minimum atomic E-state index is -4.73. The number of imidazole rings is 1. The summed E-state index contributed by atoms with van der Waals surface area (Å²) >= 11 is 8.24. The average molecular weight is 513 g/mol. The predicted octanol–water partition coefficient (Wildman–Crippen LogP) is 4.45. The molecule has 3 aromatic rings. The van der Waals surface area contributed by atoms with Gasteiger partial charge >= 0.3 is 6.18 Å². The molecule has 2 amide bonds. The van der Waals surface area contributed by atoms with E-state index in [-0.39, 0.29) is 41.4 Å². The van der Waals surface area contributed by atoms with E-state index < -0.39 is 23.3 Å². The first-order valence-electron chi connectivity index (χ1n) is 10.7. The minimum Gasteiger partial charge on any atom is -0.472 e. The number of carbonyl (C=O) groups excluding carboxylic acids is 2. The number of amides is 2. The highest BCUT2D eigenvalue weighted by molar-refractivity contribution is 7.99. The average Bonchev–Trinajstić information content (AvgIpc) is 3.46. The standard InChI is InChI=1S/C22H20ClF3N4O3S/c23-19-18(21(32)28-4-5-29(17(31)11-28)15-2-7-34-8-3-15)27-20-16(22(24,25)26)9-14(10-30(19)20)13-1-6-33-12-13/h1,6,9-10,12,15H,2-5,7-8,11H2. The fraction of sp³-hybridized carbons (Fsp3) is 0.409. The van der Waals surface area contributed by atoms with E-state index in [9.17, 15) is 22.8 Å². The Bertz CT molecular complexity index is 1240. The van der Waals surface area contributed by atoms with Gasteiger partial charge in [0, 0.05) is 36.5 Å². The molecule has 2 saturated heterocycles. The van der Waals surface area contributed by atoms with Gasteiger partial charge in [0.15, 0.2) is 11.3 Å². The molecule has 0 aliphatic carbocycles. The van der Waals surface area contributed by atoms with Gasteiger partial charge in [-0.1, -0.05) is 11.6 Å². The van der Waals surface area contributed by atoms with Crippen LogP contribution in [-0.2, 0) is 11.0 Å². The van der Waals surface area contributed by atoms with Gasteiger partial charge in [0.05, 0.1) is 18.1 Å². The molecule has 0 radical (unpaired) electrons. The highest BCUT2D eigenvalue weighted by atomic mass is 35.5. The Morgan fingerprint density at radius 3 is 2.62 bits per heavy atom. The molecule has 5 rings (SSSR count). The number of hydrogen-bond acceptors (Lipinski definition) is 5. The molecule has 0 atom stereocenters. The first-order valence-corrected chi connectivity index (χ1v) is 12.2. The molecular weight excluding hydrogens is 493 g/mol. The van der Waals surface area contributed by atoms with Gasteiger partial charge in [0.2, 0.25) is 5.91 Å². The number of thioether (sulfide) groups is 1. The Hall–Kier alpha value is -2.66. The fourth-order valence-corrected chi connectivity index (χ4v) is 5.77. The number of piperazine rings is 1. The van der Waals surface area contributed by atoms with Crippen LogP contribution in [0.1, 0.15) is 28.9 Å². The van der Waals surface area contributed by atoms with E-state index in [1.54, 1.807) is 0 Å². The third-order valence-corrected chi connectivity index (χ3v) is 7.61. The van der Waals surface area contributed by atoms with Crippen LogP contribution in [-0.4, -0.2) is 68.2 Å². The van der Waals surface area contributed by atoms with E-state index in [4.69, 9.17) is 16.0 Å². The maximum Gasteiger partial charge on any atom is 0.420 e. The van der Waals surface area contributed by atoms with Gasteiger partial charge in [-0.15, -0.1) is 0 Å². The van der Waals surface area contributed by atoms with Crippen molar-refractivity contribution < 1.29 is 27.2 Å². The highest BCUT2D eigenvalue weighted by Crippen LogP contribution is 2.37. The molecule has 0 N–H and O–H groups in total. The molecule has 2 aliphatic heterocycles. The van der Waals surface area contributed by atoms with Gasteiger partial charge < -0.3 is 14.2 Å². The maximum atomic E-state index is 13.8. The molecular formula is C22H20ClF3N4O3S. The van der Waals surface area contributed by atoms with Gasteiger partial charge in [-0.25, -0.2) is 4.98 Å².